The van der Waals surface area contributed by atoms with Gasteiger partial charge in [0.25, 0.3) is 0 Å². The average molecular weight is 208 g/mol. The zero-order chi connectivity index (χ0) is 10.3. The molecule has 0 aromatic heterocycles. The number of carbonyl (C=O) groups is 1. The molecule has 0 aliphatic heterocycles. The van der Waals surface area contributed by atoms with Crippen molar-refractivity contribution >= 4 is 5.78 Å². The summed E-state index contributed by atoms with van der Waals surface area (Å²) in [7, 11) is 0. The van der Waals surface area contributed by atoms with Gasteiger partial charge in [0, 0.05) is 6.42 Å². The van der Waals surface area contributed by atoms with Crippen molar-refractivity contribution in [1.29, 1.82) is 0 Å². The first-order valence-corrected chi connectivity index (χ1v) is 6.50. The molecule has 0 amide bonds. The zero-order valence-corrected chi connectivity index (χ0v) is 9.34. The topological polar surface area (TPSA) is 26.3 Å². The monoisotopic (exact) mass is 208 g/mol. The van der Waals surface area contributed by atoms with Crippen molar-refractivity contribution in [3.63, 3.8) is 0 Å². The third-order valence-corrected chi connectivity index (χ3v) is 4.70. The molecular weight excluding hydrogens is 188 g/mol. The predicted molar refractivity (Wildman–Crippen MR) is 57.7 cm³/mol. The van der Waals surface area contributed by atoms with Gasteiger partial charge in [0.05, 0.1) is 17.6 Å². The highest BCUT2D eigenvalue weighted by Crippen LogP contribution is 2.52. The highest BCUT2D eigenvalue weighted by molar-refractivity contribution is 5.92. The van der Waals surface area contributed by atoms with Gasteiger partial charge >= 0.3 is 0 Å². The van der Waals surface area contributed by atoms with Crippen LogP contribution in [0.4, 0.5) is 0 Å². The van der Waals surface area contributed by atoms with Crippen molar-refractivity contribution in [2.24, 2.45) is 5.41 Å². The molecule has 0 aromatic carbocycles. The highest BCUT2D eigenvalue weighted by Gasteiger charge is 2.57. The second-order valence-electron chi connectivity index (χ2n) is 5.52. The lowest BCUT2D eigenvalue weighted by Gasteiger charge is -2.46. The largest absolute Gasteiger partial charge is 0.373 e. The van der Waals surface area contributed by atoms with Gasteiger partial charge in [0.1, 0.15) is 5.78 Å². The molecule has 1 unspecified atom stereocenters. The number of ketones is 1. The SMILES string of the molecule is O=C1CC(OC2CCCC2)C12CCCC2. The van der Waals surface area contributed by atoms with Gasteiger partial charge in [-0.3, -0.25) is 4.79 Å². The van der Waals surface area contributed by atoms with Crippen LogP contribution in [0.1, 0.15) is 57.8 Å². The van der Waals surface area contributed by atoms with Crippen LogP contribution >= 0.6 is 0 Å². The van der Waals surface area contributed by atoms with Crippen LogP contribution in [-0.2, 0) is 9.53 Å². The first-order valence-electron chi connectivity index (χ1n) is 6.50. The Morgan fingerprint density at radius 1 is 1.07 bits per heavy atom. The first-order chi connectivity index (χ1) is 7.31. The predicted octanol–water partition coefficient (Wildman–Crippen LogP) is 2.85. The summed E-state index contributed by atoms with van der Waals surface area (Å²) in [6, 6.07) is 0. The summed E-state index contributed by atoms with van der Waals surface area (Å²) >= 11 is 0. The quantitative estimate of drug-likeness (QED) is 0.697. The minimum absolute atomic E-state index is 0.0113. The van der Waals surface area contributed by atoms with E-state index in [4.69, 9.17) is 4.74 Å². The van der Waals surface area contributed by atoms with Crippen molar-refractivity contribution < 1.29 is 9.53 Å². The fraction of sp³-hybridized carbons (Fsp3) is 0.923. The molecule has 1 atom stereocenters. The van der Waals surface area contributed by atoms with E-state index in [1.54, 1.807) is 0 Å². The smallest absolute Gasteiger partial charge is 0.144 e. The number of hydrogen-bond donors (Lipinski definition) is 0. The Kier molecular flexibility index (Phi) is 2.35. The van der Waals surface area contributed by atoms with Gasteiger partial charge in [0.2, 0.25) is 0 Å². The van der Waals surface area contributed by atoms with E-state index in [9.17, 15) is 4.79 Å². The van der Waals surface area contributed by atoms with Crippen LogP contribution in [0.3, 0.4) is 0 Å². The number of rotatable bonds is 2. The molecule has 0 heterocycles. The van der Waals surface area contributed by atoms with Crippen LogP contribution in [0.25, 0.3) is 0 Å². The van der Waals surface area contributed by atoms with E-state index in [0.717, 1.165) is 12.8 Å². The van der Waals surface area contributed by atoms with Crippen molar-refractivity contribution in [1.82, 2.24) is 0 Å². The van der Waals surface area contributed by atoms with Gasteiger partial charge < -0.3 is 4.74 Å². The maximum Gasteiger partial charge on any atom is 0.144 e. The van der Waals surface area contributed by atoms with Crippen LogP contribution in [0, 0.1) is 5.41 Å². The fourth-order valence-electron chi connectivity index (χ4n) is 3.66. The first kappa shape index (κ1) is 9.83. The van der Waals surface area contributed by atoms with Crippen LogP contribution in [-0.4, -0.2) is 18.0 Å². The summed E-state index contributed by atoms with van der Waals surface area (Å²) in [6.45, 7) is 0. The zero-order valence-electron chi connectivity index (χ0n) is 9.34. The van der Waals surface area contributed by atoms with Crippen LogP contribution in [0.5, 0.6) is 0 Å². The molecule has 15 heavy (non-hydrogen) atoms. The van der Waals surface area contributed by atoms with Gasteiger partial charge in [-0.15, -0.1) is 0 Å². The third kappa shape index (κ3) is 1.45. The second-order valence-corrected chi connectivity index (χ2v) is 5.52. The van der Waals surface area contributed by atoms with E-state index < -0.39 is 0 Å². The Morgan fingerprint density at radius 3 is 2.33 bits per heavy atom. The maximum atomic E-state index is 11.8. The molecule has 0 saturated heterocycles. The fourth-order valence-corrected chi connectivity index (χ4v) is 3.66. The van der Waals surface area contributed by atoms with Crippen molar-refractivity contribution in [3.8, 4) is 0 Å². The molecule has 0 radical (unpaired) electrons. The Hall–Kier alpha value is -0.370. The molecule has 0 bridgehead atoms. The number of ether oxygens (including phenoxy) is 1. The molecule has 0 aromatic rings. The Labute approximate surface area is 91.4 Å². The summed E-state index contributed by atoms with van der Waals surface area (Å²) in [4.78, 5) is 11.8. The lowest BCUT2D eigenvalue weighted by molar-refractivity contribution is -0.170. The van der Waals surface area contributed by atoms with Gasteiger partial charge in [-0.05, 0) is 25.7 Å². The molecule has 3 aliphatic rings. The molecule has 2 heteroatoms. The molecule has 3 aliphatic carbocycles. The van der Waals surface area contributed by atoms with Crippen molar-refractivity contribution in [2.75, 3.05) is 0 Å². The van der Waals surface area contributed by atoms with Crippen molar-refractivity contribution in [3.05, 3.63) is 0 Å². The van der Waals surface area contributed by atoms with Gasteiger partial charge in [0.15, 0.2) is 0 Å². The Morgan fingerprint density at radius 2 is 1.73 bits per heavy atom. The average Bonchev–Trinajstić information content (AvgIpc) is 2.89. The minimum Gasteiger partial charge on any atom is -0.373 e. The maximum absolute atomic E-state index is 11.8. The Balaban J connectivity index is 1.64. The molecule has 3 fully saturated rings. The summed E-state index contributed by atoms with van der Waals surface area (Å²) in [5, 5.41) is 0. The van der Waals surface area contributed by atoms with E-state index in [1.807, 2.05) is 0 Å². The van der Waals surface area contributed by atoms with Gasteiger partial charge in [-0.2, -0.15) is 0 Å². The Bertz CT molecular complexity index is 260. The van der Waals surface area contributed by atoms with Gasteiger partial charge in [-0.1, -0.05) is 25.7 Å². The number of Topliss-reactive ketones (excluding diaryl/α,β-unsaturated/α-hetero) is 1. The molecule has 84 valence electrons. The highest BCUT2D eigenvalue weighted by atomic mass is 16.5. The van der Waals surface area contributed by atoms with E-state index in [2.05, 4.69) is 0 Å². The van der Waals surface area contributed by atoms with E-state index >= 15 is 0 Å². The molecule has 2 nitrogen and oxygen atoms in total. The summed E-state index contributed by atoms with van der Waals surface area (Å²) in [6.07, 6.45) is 11.2. The minimum atomic E-state index is -0.0113. The summed E-state index contributed by atoms with van der Waals surface area (Å²) < 4.78 is 6.13. The molecule has 0 N–H and O–H groups in total. The van der Waals surface area contributed by atoms with E-state index in [0.29, 0.717) is 18.3 Å². The third-order valence-electron chi connectivity index (χ3n) is 4.70. The van der Waals surface area contributed by atoms with E-state index in [1.165, 1.54) is 38.5 Å². The van der Waals surface area contributed by atoms with Crippen LogP contribution in [0.2, 0.25) is 0 Å². The second kappa shape index (κ2) is 3.58. The van der Waals surface area contributed by atoms with Crippen LogP contribution < -0.4 is 0 Å². The number of carbonyl (C=O) groups excluding carboxylic acids is 1. The lowest BCUT2D eigenvalue weighted by atomic mass is 9.63. The molecule has 3 rings (SSSR count). The summed E-state index contributed by atoms with van der Waals surface area (Å²) in [5.41, 5.74) is -0.0113. The lowest BCUT2D eigenvalue weighted by Crippen LogP contribution is -2.54. The standard InChI is InChI=1S/C13H20O2/c14-11-9-12(13(11)7-3-4-8-13)15-10-5-1-2-6-10/h10,12H,1-9H2. The number of hydrogen-bond acceptors (Lipinski definition) is 2. The molecule has 1 spiro atoms. The summed E-state index contributed by atoms with van der Waals surface area (Å²) in [5.74, 6) is 0.489. The normalized spacial score (nSPS) is 34.9. The van der Waals surface area contributed by atoms with Gasteiger partial charge in [-0.25, -0.2) is 0 Å². The van der Waals surface area contributed by atoms with Crippen LogP contribution in [0.15, 0.2) is 0 Å². The molecular formula is C13H20O2. The van der Waals surface area contributed by atoms with Crippen molar-refractivity contribution in [2.45, 2.75) is 70.0 Å². The van der Waals surface area contributed by atoms with E-state index in [-0.39, 0.29) is 11.5 Å². The molecule has 3 saturated carbocycles.